The van der Waals surface area contributed by atoms with E-state index in [-0.39, 0.29) is 5.91 Å². The van der Waals surface area contributed by atoms with E-state index in [9.17, 15) is 4.79 Å². The Balaban J connectivity index is 1.50. The number of carbonyl (C=O) groups is 1. The van der Waals surface area contributed by atoms with Crippen LogP contribution in [0.15, 0.2) is 40.6 Å². The van der Waals surface area contributed by atoms with Crippen molar-refractivity contribution in [1.29, 1.82) is 0 Å². The number of hydrogen-bond donors (Lipinski definition) is 1. The summed E-state index contributed by atoms with van der Waals surface area (Å²) in [5.74, 6) is 2.81. The fourth-order valence-electron chi connectivity index (χ4n) is 3.51. The molecule has 1 N–H and O–H groups in total. The Labute approximate surface area is 164 Å². The van der Waals surface area contributed by atoms with Crippen LogP contribution >= 0.6 is 11.8 Å². The second kappa shape index (κ2) is 10.3. The Kier molecular flexibility index (Phi) is 7.56. The van der Waals surface area contributed by atoms with Crippen LogP contribution in [0.5, 0.6) is 0 Å². The molecule has 2 aromatic rings. The molecule has 0 unspecified atom stereocenters. The zero-order valence-electron chi connectivity index (χ0n) is 15.7. The predicted octanol–water partition coefficient (Wildman–Crippen LogP) is 3.98. The Morgan fingerprint density at radius 3 is 2.96 bits per heavy atom. The van der Waals surface area contributed by atoms with E-state index < -0.39 is 0 Å². The van der Waals surface area contributed by atoms with Crippen LogP contribution in [0.3, 0.4) is 0 Å². The molecule has 6 nitrogen and oxygen atoms in total. The summed E-state index contributed by atoms with van der Waals surface area (Å²) in [5, 5.41) is 12.3. The zero-order valence-corrected chi connectivity index (χ0v) is 16.5. The second-order valence-corrected chi connectivity index (χ2v) is 7.93. The van der Waals surface area contributed by atoms with Crippen molar-refractivity contribution in [2.75, 3.05) is 5.75 Å². The summed E-state index contributed by atoms with van der Waals surface area (Å²) in [4.78, 5) is 12.1. The number of nitrogens with one attached hydrogen (secondary N) is 1. The van der Waals surface area contributed by atoms with Gasteiger partial charge in [-0.3, -0.25) is 4.79 Å². The van der Waals surface area contributed by atoms with Crippen molar-refractivity contribution in [3.63, 3.8) is 0 Å². The van der Waals surface area contributed by atoms with Gasteiger partial charge in [-0.1, -0.05) is 49.9 Å². The number of hydrogen-bond acceptors (Lipinski definition) is 5. The first-order chi connectivity index (χ1) is 13.3. The van der Waals surface area contributed by atoms with Crippen LogP contribution in [0, 0.1) is 5.92 Å². The molecule has 1 aliphatic carbocycles. The average molecular weight is 389 g/mol. The number of aryl methyl sites for hydroxylation is 1. The molecule has 3 rings (SSSR count). The molecule has 0 radical (unpaired) electrons. The summed E-state index contributed by atoms with van der Waals surface area (Å²) in [6, 6.07) is 3.65. The van der Waals surface area contributed by atoms with Crippen LogP contribution in [-0.4, -0.2) is 26.4 Å². The molecular formula is C20H28N4O2S. The van der Waals surface area contributed by atoms with Gasteiger partial charge in [0, 0.05) is 13.0 Å². The van der Waals surface area contributed by atoms with Crippen LogP contribution < -0.4 is 5.32 Å². The number of thioether (sulfide) groups is 1. The van der Waals surface area contributed by atoms with Gasteiger partial charge in [-0.05, 0) is 24.5 Å². The van der Waals surface area contributed by atoms with Crippen LogP contribution in [0.2, 0.25) is 0 Å². The van der Waals surface area contributed by atoms with E-state index in [4.69, 9.17) is 4.42 Å². The first-order valence-corrected chi connectivity index (χ1v) is 10.7. The SMILES string of the molecule is C=CCn1c(CCC2CCCCC2)nnc1SCC(=O)NCc1ccco1. The maximum atomic E-state index is 12.1. The monoisotopic (exact) mass is 388 g/mol. The van der Waals surface area contributed by atoms with E-state index in [0.29, 0.717) is 18.8 Å². The average Bonchev–Trinajstić information content (AvgIpc) is 3.34. The lowest BCUT2D eigenvalue weighted by Gasteiger charge is -2.21. The lowest BCUT2D eigenvalue weighted by Crippen LogP contribution is -2.24. The van der Waals surface area contributed by atoms with E-state index in [1.54, 1.807) is 6.26 Å². The molecule has 27 heavy (non-hydrogen) atoms. The third-order valence-electron chi connectivity index (χ3n) is 4.98. The van der Waals surface area contributed by atoms with Crippen molar-refractivity contribution in [3.05, 3.63) is 42.6 Å². The second-order valence-electron chi connectivity index (χ2n) is 6.99. The van der Waals surface area contributed by atoms with E-state index in [1.807, 2.05) is 18.2 Å². The smallest absolute Gasteiger partial charge is 0.230 e. The van der Waals surface area contributed by atoms with Gasteiger partial charge in [-0.25, -0.2) is 0 Å². The highest BCUT2D eigenvalue weighted by Gasteiger charge is 2.17. The highest BCUT2D eigenvalue weighted by Crippen LogP contribution is 2.28. The largest absolute Gasteiger partial charge is 0.467 e. The van der Waals surface area contributed by atoms with Crippen molar-refractivity contribution in [2.45, 2.75) is 63.2 Å². The van der Waals surface area contributed by atoms with Gasteiger partial charge in [0.05, 0.1) is 18.6 Å². The molecule has 0 aliphatic heterocycles. The number of aromatic nitrogens is 3. The van der Waals surface area contributed by atoms with Gasteiger partial charge >= 0.3 is 0 Å². The lowest BCUT2D eigenvalue weighted by molar-refractivity contribution is -0.118. The van der Waals surface area contributed by atoms with E-state index in [2.05, 4.69) is 26.7 Å². The van der Waals surface area contributed by atoms with Gasteiger partial charge in [0.25, 0.3) is 0 Å². The minimum absolute atomic E-state index is 0.0479. The zero-order chi connectivity index (χ0) is 18.9. The lowest BCUT2D eigenvalue weighted by atomic mass is 9.86. The van der Waals surface area contributed by atoms with Crippen LogP contribution in [-0.2, 0) is 24.3 Å². The molecule has 2 aromatic heterocycles. The molecule has 0 atom stereocenters. The number of rotatable bonds is 10. The van der Waals surface area contributed by atoms with Crippen molar-refractivity contribution >= 4 is 17.7 Å². The van der Waals surface area contributed by atoms with Gasteiger partial charge in [-0.15, -0.1) is 16.8 Å². The molecule has 1 aliphatic rings. The van der Waals surface area contributed by atoms with E-state index in [1.165, 1.54) is 50.3 Å². The first kappa shape index (κ1) is 19.7. The number of nitrogens with zero attached hydrogens (tertiary/aromatic N) is 3. The molecule has 146 valence electrons. The summed E-state index contributed by atoms with van der Waals surface area (Å²) in [6.07, 6.45) is 12.3. The number of allylic oxidation sites excluding steroid dienone is 1. The van der Waals surface area contributed by atoms with Crippen molar-refractivity contribution < 1.29 is 9.21 Å². The summed E-state index contributed by atoms with van der Waals surface area (Å²) < 4.78 is 7.30. The van der Waals surface area contributed by atoms with Crippen molar-refractivity contribution in [2.24, 2.45) is 5.92 Å². The van der Waals surface area contributed by atoms with Crippen LogP contribution in [0.25, 0.3) is 0 Å². The van der Waals surface area contributed by atoms with Gasteiger partial charge < -0.3 is 14.3 Å². The fourth-order valence-corrected chi connectivity index (χ4v) is 4.31. The third kappa shape index (κ3) is 5.99. The van der Waals surface area contributed by atoms with E-state index in [0.717, 1.165) is 29.1 Å². The maximum absolute atomic E-state index is 12.1. The summed E-state index contributed by atoms with van der Waals surface area (Å²) in [7, 11) is 0. The Morgan fingerprint density at radius 1 is 1.37 bits per heavy atom. The Morgan fingerprint density at radius 2 is 2.22 bits per heavy atom. The molecule has 1 fully saturated rings. The maximum Gasteiger partial charge on any atom is 0.230 e. The van der Waals surface area contributed by atoms with E-state index >= 15 is 0 Å². The van der Waals surface area contributed by atoms with Gasteiger partial charge in [0.15, 0.2) is 5.16 Å². The standard InChI is InChI=1S/C20H28N4O2S/c1-2-12-24-18(11-10-16-7-4-3-5-8-16)22-23-20(24)27-15-19(25)21-14-17-9-6-13-26-17/h2,6,9,13,16H,1,3-5,7-8,10-12,14-15H2,(H,21,25). The normalized spacial score (nSPS) is 15.0. The quantitative estimate of drug-likeness (QED) is 0.492. The highest BCUT2D eigenvalue weighted by molar-refractivity contribution is 7.99. The minimum atomic E-state index is -0.0479. The van der Waals surface area contributed by atoms with Gasteiger partial charge in [-0.2, -0.15) is 0 Å². The number of carbonyl (C=O) groups excluding carboxylic acids is 1. The van der Waals surface area contributed by atoms with Gasteiger partial charge in [0.2, 0.25) is 5.91 Å². The predicted molar refractivity (Wildman–Crippen MR) is 106 cm³/mol. The first-order valence-electron chi connectivity index (χ1n) is 9.71. The summed E-state index contributed by atoms with van der Waals surface area (Å²) >= 11 is 1.41. The van der Waals surface area contributed by atoms with Crippen molar-refractivity contribution in [1.82, 2.24) is 20.1 Å². The summed E-state index contributed by atoms with van der Waals surface area (Å²) in [6.45, 7) is 4.92. The molecule has 1 saturated carbocycles. The van der Waals surface area contributed by atoms with Gasteiger partial charge in [0.1, 0.15) is 11.6 Å². The number of amides is 1. The molecule has 0 bridgehead atoms. The molecular weight excluding hydrogens is 360 g/mol. The molecule has 0 saturated heterocycles. The third-order valence-corrected chi connectivity index (χ3v) is 5.95. The van der Waals surface area contributed by atoms with Crippen LogP contribution in [0.4, 0.5) is 0 Å². The molecule has 1 amide bonds. The van der Waals surface area contributed by atoms with Crippen molar-refractivity contribution in [3.8, 4) is 0 Å². The molecule has 0 spiro atoms. The minimum Gasteiger partial charge on any atom is -0.467 e. The Hall–Kier alpha value is -2.02. The topological polar surface area (TPSA) is 73.0 Å². The highest BCUT2D eigenvalue weighted by atomic mass is 32.2. The summed E-state index contributed by atoms with van der Waals surface area (Å²) in [5.41, 5.74) is 0. The molecule has 0 aromatic carbocycles. The molecule has 7 heteroatoms. The fraction of sp³-hybridized carbons (Fsp3) is 0.550. The van der Waals surface area contributed by atoms with Crippen LogP contribution in [0.1, 0.15) is 50.1 Å². The number of furan rings is 1. The molecule has 2 heterocycles. The Bertz CT molecular complexity index is 720.